The standard InChI is InChI=1S/C14H20O3/c1-4-5-11(2)17-14(15)10-12-6-8-13(16-3)9-7-12/h6-9,11H,4-5,10H2,1-3H3/t11-/m0/s1. The van der Waals surface area contributed by atoms with E-state index in [9.17, 15) is 4.79 Å². The highest BCUT2D eigenvalue weighted by molar-refractivity contribution is 5.72. The molecule has 3 nitrogen and oxygen atoms in total. The topological polar surface area (TPSA) is 35.5 Å². The molecule has 1 aromatic carbocycles. The highest BCUT2D eigenvalue weighted by Crippen LogP contribution is 2.12. The van der Waals surface area contributed by atoms with Crippen LogP contribution in [0.2, 0.25) is 0 Å². The van der Waals surface area contributed by atoms with Crippen molar-refractivity contribution in [2.75, 3.05) is 7.11 Å². The summed E-state index contributed by atoms with van der Waals surface area (Å²) in [6, 6.07) is 7.45. The lowest BCUT2D eigenvalue weighted by molar-refractivity contribution is -0.147. The number of benzene rings is 1. The molecule has 1 atom stereocenters. The quantitative estimate of drug-likeness (QED) is 0.712. The maximum atomic E-state index is 11.6. The Kier molecular flexibility index (Phi) is 5.53. The number of hydrogen-bond acceptors (Lipinski definition) is 3. The summed E-state index contributed by atoms with van der Waals surface area (Å²) in [6.07, 6.45) is 2.26. The summed E-state index contributed by atoms with van der Waals surface area (Å²) in [5, 5.41) is 0. The van der Waals surface area contributed by atoms with Gasteiger partial charge in [0.2, 0.25) is 0 Å². The van der Waals surface area contributed by atoms with Crippen molar-refractivity contribution in [2.45, 2.75) is 39.2 Å². The van der Waals surface area contributed by atoms with Gasteiger partial charge >= 0.3 is 5.97 Å². The minimum absolute atomic E-state index is 0.00532. The number of methoxy groups -OCH3 is 1. The van der Waals surface area contributed by atoms with Crippen molar-refractivity contribution in [1.29, 1.82) is 0 Å². The minimum Gasteiger partial charge on any atom is -0.497 e. The van der Waals surface area contributed by atoms with Crippen LogP contribution in [0.15, 0.2) is 24.3 Å². The molecule has 0 fully saturated rings. The third-order valence-corrected chi connectivity index (χ3v) is 2.54. The summed E-state index contributed by atoms with van der Waals surface area (Å²) in [5.41, 5.74) is 0.944. The fourth-order valence-electron chi connectivity index (χ4n) is 1.64. The molecule has 1 rings (SSSR count). The van der Waals surface area contributed by atoms with Gasteiger partial charge in [0.1, 0.15) is 5.75 Å². The van der Waals surface area contributed by atoms with E-state index in [2.05, 4.69) is 6.92 Å². The molecule has 0 aliphatic heterocycles. The van der Waals surface area contributed by atoms with Crippen LogP contribution in [0, 0.1) is 0 Å². The van der Waals surface area contributed by atoms with E-state index in [0.717, 1.165) is 24.2 Å². The van der Waals surface area contributed by atoms with E-state index in [-0.39, 0.29) is 12.1 Å². The fraction of sp³-hybridized carbons (Fsp3) is 0.500. The van der Waals surface area contributed by atoms with Gasteiger partial charge < -0.3 is 9.47 Å². The first kappa shape index (κ1) is 13.6. The van der Waals surface area contributed by atoms with Gasteiger partial charge in [0.25, 0.3) is 0 Å². The molecule has 0 saturated heterocycles. The Bertz CT molecular complexity index is 343. The zero-order chi connectivity index (χ0) is 12.7. The number of rotatable bonds is 6. The van der Waals surface area contributed by atoms with Crippen LogP contribution in [0.25, 0.3) is 0 Å². The van der Waals surface area contributed by atoms with Gasteiger partial charge in [0, 0.05) is 0 Å². The van der Waals surface area contributed by atoms with Gasteiger partial charge in [0.05, 0.1) is 19.6 Å². The van der Waals surface area contributed by atoms with Crippen molar-refractivity contribution in [2.24, 2.45) is 0 Å². The molecule has 0 aromatic heterocycles. The fourth-order valence-corrected chi connectivity index (χ4v) is 1.64. The Hall–Kier alpha value is -1.51. The summed E-state index contributed by atoms with van der Waals surface area (Å²) < 4.78 is 10.3. The van der Waals surface area contributed by atoms with Crippen molar-refractivity contribution in [3.8, 4) is 5.75 Å². The van der Waals surface area contributed by atoms with Gasteiger partial charge in [-0.15, -0.1) is 0 Å². The van der Waals surface area contributed by atoms with Crippen molar-refractivity contribution < 1.29 is 14.3 Å². The molecule has 0 heterocycles. The van der Waals surface area contributed by atoms with Crippen molar-refractivity contribution in [3.63, 3.8) is 0 Å². The molecule has 0 saturated carbocycles. The highest BCUT2D eigenvalue weighted by atomic mass is 16.5. The predicted molar refractivity (Wildman–Crippen MR) is 67.2 cm³/mol. The second-order valence-electron chi connectivity index (χ2n) is 4.11. The van der Waals surface area contributed by atoms with Crippen LogP contribution in [-0.2, 0) is 16.0 Å². The number of carbonyl (C=O) groups is 1. The van der Waals surface area contributed by atoms with Crippen molar-refractivity contribution in [1.82, 2.24) is 0 Å². The summed E-state index contributed by atoms with van der Waals surface area (Å²) >= 11 is 0. The molecule has 0 spiro atoms. The molecule has 17 heavy (non-hydrogen) atoms. The molecular weight excluding hydrogens is 216 g/mol. The van der Waals surface area contributed by atoms with Crippen LogP contribution in [0.1, 0.15) is 32.3 Å². The monoisotopic (exact) mass is 236 g/mol. The van der Waals surface area contributed by atoms with E-state index in [0.29, 0.717) is 6.42 Å². The van der Waals surface area contributed by atoms with E-state index in [1.165, 1.54) is 0 Å². The Labute approximate surface area is 103 Å². The summed E-state index contributed by atoms with van der Waals surface area (Å²) in [5.74, 6) is 0.623. The largest absolute Gasteiger partial charge is 0.497 e. The molecule has 0 aliphatic carbocycles. The van der Waals surface area contributed by atoms with Crippen molar-refractivity contribution >= 4 is 5.97 Å². The molecular formula is C14H20O3. The molecule has 94 valence electrons. The average molecular weight is 236 g/mol. The zero-order valence-corrected chi connectivity index (χ0v) is 10.7. The SMILES string of the molecule is CCC[C@H](C)OC(=O)Cc1ccc(OC)cc1. The van der Waals surface area contributed by atoms with E-state index in [4.69, 9.17) is 9.47 Å². The second-order valence-corrected chi connectivity index (χ2v) is 4.11. The first-order valence-electron chi connectivity index (χ1n) is 5.98. The van der Waals surface area contributed by atoms with E-state index in [1.54, 1.807) is 7.11 Å². The first-order chi connectivity index (χ1) is 8.15. The summed E-state index contributed by atoms with van der Waals surface area (Å²) in [6.45, 7) is 4.00. The summed E-state index contributed by atoms with van der Waals surface area (Å²) in [4.78, 5) is 11.6. The number of carbonyl (C=O) groups excluding carboxylic acids is 1. The second kappa shape index (κ2) is 6.94. The van der Waals surface area contributed by atoms with Gasteiger partial charge in [0.15, 0.2) is 0 Å². The number of ether oxygens (including phenoxy) is 2. The first-order valence-corrected chi connectivity index (χ1v) is 5.98. The zero-order valence-electron chi connectivity index (χ0n) is 10.7. The average Bonchev–Trinajstić information content (AvgIpc) is 2.30. The van der Waals surface area contributed by atoms with E-state index >= 15 is 0 Å². The molecule has 0 bridgehead atoms. The van der Waals surface area contributed by atoms with E-state index in [1.807, 2.05) is 31.2 Å². The van der Waals surface area contributed by atoms with Crippen molar-refractivity contribution in [3.05, 3.63) is 29.8 Å². The van der Waals surface area contributed by atoms with Crippen LogP contribution in [0.5, 0.6) is 5.75 Å². The Morgan fingerprint density at radius 2 is 1.94 bits per heavy atom. The Balaban J connectivity index is 2.44. The molecule has 1 aromatic rings. The molecule has 0 amide bonds. The van der Waals surface area contributed by atoms with E-state index < -0.39 is 0 Å². The third-order valence-electron chi connectivity index (χ3n) is 2.54. The number of hydrogen-bond donors (Lipinski definition) is 0. The molecule has 0 aliphatic rings. The highest BCUT2D eigenvalue weighted by Gasteiger charge is 2.09. The smallest absolute Gasteiger partial charge is 0.310 e. The predicted octanol–water partition coefficient (Wildman–Crippen LogP) is 2.97. The van der Waals surface area contributed by atoms with Gasteiger partial charge in [-0.05, 0) is 31.0 Å². The van der Waals surface area contributed by atoms with Crippen LogP contribution in [0.4, 0.5) is 0 Å². The normalized spacial score (nSPS) is 11.9. The van der Waals surface area contributed by atoms with Crippen LogP contribution >= 0.6 is 0 Å². The third kappa shape index (κ3) is 4.89. The maximum Gasteiger partial charge on any atom is 0.310 e. The minimum atomic E-state index is -0.170. The lowest BCUT2D eigenvalue weighted by Crippen LogP contribution is -2.16. The van der Waals surface area contributed by atoms with Gasteiger partial charge in [-0.2, -0.15) is 0 Å². The Morgan fingerprint density at radius 1 is 1.29 bits per heavy atom. The van der Waals surface area contributed by atoms with Gasteiger partial charge in [-0.1, -0.05) is 25.5 Å². The van der Waals surface area contributed by atoms with Gasteiger partial charge in [-0.25, -0.2) is 0 Å². The lowest BCUT2D eigenvalue weighted by Gasteiger charge is -2.12. The lowest BCUT2D eigenvalue weighted by atomic mass is 10.1. The van der Waals surface area contributed by atoms with Crippen LogP contribution < -0.4 is 4.74 Å². The molecule has 0 N–H and O–H groups in total. The molecule has 0 unspecified atom stereocenters. The van der Waals surface area contributed by atoms with Crippen LogP contribution in [-0.4, -0.2) is 19.2 Å². The molecule has 0 radical (unpaired) electrons. The number of esters is 1. The molecule has 3 heteroatoms. The maximum absolute atomic E-state index is 11.6. The Morgan fingerprint density at radius 3 is 2.47 bits per heavy atom. The van der Waals surface area contributed by atoms with Crippen LogP contribution in [0.3, 0.4) is 0 Å². The van der Waals surface area contributed by atoms with Gasteiger partial charge in [-0.3, -0.25) is 4.79 Å². The summed E-state index contributed by atoms with van der Waals surface area (Å²) in [7, 11) is 1.62.